The molecule has 2 atom stereocenters. The molecule has 0 aromatic heterocycles. The van der Waals surface area contributed by atoms with E-state index in [-0.39, 0.29) is 34.5 Å². The van der Waals surface area contributed by atoms with Crippen molar-refractivity contribution in [2.75, 3.05) is 26.3 Å². The van der Waals surface area contributed by atoms with Crippen LogP contribution in [0.15, 0.2) is 48.5 Å². The van der Waals surface area contributed by atoms with Gasteiger partial charge in [0.15, 0.2) is 11.6 Å². The molecule has 6 nitrogen and oxygen atoms in total. The highest BCUT2D eigenvalue weighted by molar-refractivity contribution is 5.99. The van der Waals surface area contributed by atoms with E-state index in [4.69, 9.17) is 9.47 Å². The van der Waals surface area contributed by atoms with E-state index < -0.39 is 0 Å². The molecule has 44 heavy (non-hydrogen) atoms. The monoisotopic (exact) mass is 608 g/mol. The molecule has 2 unspecified atom stereocenters. The molecule has 0 fully saturated rings. The predicted molar refractivity (Wildman–Crippen MR) is 183 cm³/mol. The van der Waals surface area contributed by atoms with Crippen LogP contribution in [-0.4, -0.2) is 48.9 Å². The number of unbranched alkanes of at least 4 members (excludes halogenated alkanes) is 4. The predicted octanol–water partition coefficient (Wildman–Crippen LogP) is 8.68. The second kappa shape index (κ2) is 19.0. The lowest BCUT2D eigenvalue weighted by Crippen LogP contribution is -2.42. The van der Waals surface area contributed by atoms with Crippen molar-refractivity contribution >= 4 is 11.6 Å². The lowest BCUT2D eigenvalue weighted by Gasteiger charge is -2.28. The van der Waals surface area contributed by atoms with E-state index in [2.05, 4.69) is 66.0 Å². The Balaban J connectivity index is 2.17. The first-order valence-electron chi connectivity index (χ1n) is 16.9. The number of hydrogen-bond acceptors (Lipinski definition) is 6. The maximum absolute atomic E-state index is 13.8. The summed E-state index contributed by atoms with van der Waals surface area (Å²) in [5, 5.41) is 7.07. The van der Waals surface area contributed by atoms with Crippen molar-refractivity contribution in [3.8, 4) is 11.5 Å². The Morgan fingerprint density at radius 2 is 0.932 bits per heavy atom. The molecule has 0 radical (unpaired) electrons. The summed E-state index contributed by atoms with van der Waals surface area (Å²) in [6.07, 6.45) is 7.87. The molecule has 0 aliphatic rings. The number of hydrogen-bond donors (Lipinski definition) is 2. The maximum atomic E-state index is 13.8. The summed E-state index contributed by atoms with van der Waals surface area (Å²) in [5.74, 6) is 1.26. The van der Waals surface area contributed by atoms with Crippen LogP contribution in [0, 0.1) is 11.8 Å². The van der Waals surface area contributed by atoms with Crippen molar-refractivity contribution < 1.29 is 19.1 Å². The van der Waals surface area contributed by atoms with Crippen molar-refractivity contribution in [2.45, 2.75) is 118 Å². The van der Waals surface area contributed by atoms with Crippen molar-refractivity contribution in [3.63, 3.8) is 0 Å². The van der Waals surface area contributed by atoms with E-state index in [9.17, 15) is 9.59 Å². The number of benzene rings is 2. The normalized spacial score (nSPS) is 13.4. The Hall–Kier alpha value is -2.70. The minimum atomic E-state index is -0.255. The molecule has 0 saturated heterocycles. The molecule has 0 heterocycles. The zero-order chi connectivity index (χ0) is 32.6. The number of ketones is 2. The first-order chi connectivity index (χ1) is 20.8. The van der Waals surface area contributed by atoms with Gasteiger partial charge in [0.2, 0.25) is 0 Å². The highest BCUT2D eigenvalue weighted by Crippen LogP contribution is 2.24. The van der Waals surface area contributed by atoms with Crippen molar-refractivity contribution in [3.05, 3.63) is 59.7 Å². The van der Waals surface area contributed by atoms with Gasteiger partial charge in [-0.3, -0.25) is 9.59 Å². The molecule has 0 saturated carbocycles. The summed E-state index contributed by atoms with van der Waals surface area (Å²) in [6.45, 7) is 19.5. The van der Waals surface area contributed by atoms with Gasteiger partial charge in [-0.15, -0.1) is 0 Å². The average Bonchev–Trinajstić information content (AvgIpc) is 2.98. The van der Waals surface area contributed by atoms with E-state index >= 15 is 0 Å². The zero-order valence-corrected chi connectivity index (χ0v) is 28.9. The molecule has 0 bridgehead atoms. The molecule has 6 heteroatoms. The van der Waals surface area contributed by atoms with Gasteiger partial charge >= 0.3 is 0 Å². The summed E-state index contributed by atoms with van der Waals surface area (Å²) in [5.41, 5.74) is 1.10. The molecule has 2 N–H and O–H groups in total. The van der Waals surface area contributed by atoms with Crippen LogP contribution in [0.4, 0.5) is 0 Å². The largest absolute Gasteiger partial charge is 0.494 e. The van der Waals surface area contributed by atoms with E-state index in [1.165, 1.54) is 0 Å². The van der Waals surface area contributed by atoms with Crippen LogP contribution in [0.25, 0.3) is 0 Å². The zero-order valence-electron chi connectivity index (χ0n) is 28.9. The first-order valence-corrected chi connectivity index (χ1v) is 16.9. The van der Waals surface area contributed by atoms with Gasteiger partial charge in [-0.25, -0.2) is 0 Å². The summed E-state index contributed by atoms with van der Waals surface area (Å²) in [7, 11) is 0. The van der Waals surface area contributed by atoms with Gasteiger partial charge in [0.1, 0.15) is 11.5 Å². The SMILES string of the molecule is CCCCCOc1ccc(C(=O)C(CCC(CNC(C)(C)C)C(=O)c2ccc(OCCCCC)cc2)CNC(C)(C)C)cc1. The molecule has 246 valence electrons. The molecule has 2 aromatic rings. The van der Waals surface area contributed by atoms with E-state index in [1.54, 1.807) is 0 Å². The molecular formula is C38H60N2O4. The van der Waals surface area contributed by atoms with Crippen molar-refractivity contribution in [1.82, 2.24) is 10.6 Å². The van der Waals surface area contributed by atoms with Gasteiger partial charge < -0.3 is 20.1 Å². The van der Waals surface area contributed by atoms with Gasteiger partial charge in [-0.05, 0) is 116 Å². The third-order valence-corrected chi connectivity index (χ3v) is 7.67. The van der Waals surface area contributed by atoms with Crippen LogP contribution < -0.4 is 20.1 Å². The summed E-state index contributed by atoms with van der Waals surface area (Å²) in [6, 6.07) is 15.1. The number of carbonyl (C=O) groups is 2. The molecule has 0 aliphatic carbocycles. The van der Waals surface area contributed by atoms with Gasteiger partial charge in [-0.2, -0.15) is 0 Å². The van der Waals surface area contributed by atoms with E-state index in [1.807, 2.05) is 48.5 Å². The maximum Gasteiger partial charge on any atom is 0.167 e. The van der Waals surface area contributed by atoms with E-state index in [0.717, 1.165) is 50.0 Å². The second-order valence-electron chi connectivity index (χ2n) is 14.1. The number of ether oxygens (including phenoxy) is 2. The van der Waals surface area contributed by atoms with Gasteiger partial charge in [0.25, 0.3) is 0 Å². The van der Waals surface area contributed by atoms with Gasteiger partial charge in [-0.1, -0.05) is 39.5 Å². The van der Waals surface area contributed by atoms with Gasteiger partial charge in [0.05, 0.1) is 13.2 Å². The Morgan fingerprint density at radius 1 is 0.591 bits per heavy atom. The topological polar surface area (TPSA) is 76.7 Å². The van der Waals surface area contributed by atoms with Crippen LogP contribution >= 0.6 is 0 Å². The standard InChI is InChI=1S/C38H60N2O4/c1-9-11-13-25-43-33-21-17-29(18-22-33)35(41)31(27-39-37(3,4)5)15-16-32(28-40-38(6,7)8)36(42)30-19-23-34(24-20-30)44-26-14-12-10-2/h17-24,31-32,39-40H,9-16,25-28H2,1-8H3. The number of rotatable bonds is 21. The van der Waals surface area contributed by atoms with E-state index in [0.29, 0.717) is 50.3 Å². The molecule has 0 amide bonds. The highest BCUT2D eigenvalue weighted by atomic mass is 16.5. The molecule has 0 spiro atoms. The van der Waals surface area contributed by atoms with Crippen molar-refractivity contribution in [2.24, 2.45) is 11.8 Å². The average molecular weight is 609 g/mol. The summed E-state index contributed by atoms with van der Waals surface area (Å²) < 4.78 is 11.7. The molecule has 0 aliphatic heterocycles. The second-order valence-corrected chi connectivity index (χ2v) is 14.1. The Kier molecular flexibility index (Phi) is 16.2. The third-order valence-electron chi connectivity index (χ3n) is 7.67. The minimum Gasteiger partial charge on any atom is -0.494 e. The smallest absolute Gasteiger partial charge is 0.167 e. The molecular weight excluding hydrogens is 548 g/mol. The van der Waals surface area contributed by atoms with Crippen LogP contribution in [0.1, 0.15) is 127 Å². The molecule has 2 aromatic carbocycles. The Morgan fingerprint density at radius 3 is 1.23 bits per heavy atom. The van der Waals surface area contributed by atoms with Gasteiger partial charge in [0, 0.05) is 47.1 Å². The minimum absolute atomic E-state index is 0.0961. The Bertz CT molecular complexity index is 1010. The fourth-order valence-corrected chi connectivity index (χ4v) is 4.90. The fourth-order valence-electron chi connectivity index (χ4n) is 4.90. The van der Waals surface area contributed by atoms with Crippen LogP contribution in [0.5, 0.6) is 11.5 Å². The number of nitrogens with one attached hydrogen (secondary N) is 2. The lowest BCUT2D eigenvalue weighted by molar-refractivity contribution is 0.0858. The lowest BCUT2D eigenvalue weighted by atomic mass is 9.85. The third kappa shape index (κ3) is 14.9. The van der Waals surface area contributed by atoms with Crippen LogP contribution in [-0.2, 0) is 0 Å². The summed E-state index contributed by atoms with van der Waals surface area (Å²) in [4.78, 5) is 27.6. The summed E-state index contributed by atoms with van der Waals surface area (Å²) >= 11 is 0. The first kappa shape index (κ1) is 37.5. The number of carbonyl (C=O) groups excluding carboxylic acids is 2. The highest BCUT2D eigenvalue weighted by Gasteiger charge is 2.27. The van der Waals surface area contributed by atoms with Crippen LogP contribution in [0.2, 0.25) is 0 Å². The van der Waals surface area contributed by atoms with Crippen molar-refractivity contribution in [1.29, 1.82) is 0 Å². The molecule has 2 rings (SSSR count). The quantitative estimate of drug-likeness (QED) is 0.109. The Labute approximate surface area is 268 Å². The fraction of sp³-hybridized carbons (Fsp3) is 0.632. The number of Topliss-reactive ketones (excluding diaryl/α,β-unsaturated/α-hetero) is 2. The van der Waals surface area contributed by atoms with Crippen LogP contribution in [0.3, 0.4) is 0 Å².